The van der Waals surface area contributed by atoms with Gasteiger partial charge in [-0.25, -0.2) is 0 Å². The molecule has 0 spiro atoms. The molecule has 1 saturated heterocycles. The molecule has 2 aromatic rings. The van der Waals surface area contributed by atoms with Gasteiger partial charge >= 0.3 is 0 Å². The minimum Gasteiger partial charge on any atom is -0.392 e. The van der Waals surface area contributed by atoms with Crippen LogP contribution < -0.4 is 0 Å². The van der Waals surface area contributed by atoms with Crippen molar-refractivity contribution in [2.24, 2.45) is 5.92 Å². The van der Waals surface area contributed by atoms with Gasteiger partial charge in [0.05, 0.1) is 6.10 Å². The summed E-state index contributed by atoms with van der Waals surface area (Å²) >= 11 is 0. The average Bonchev–Trinajstić information content (AvgIpc) is 3.01. The lowest BCUT2D eigenvalue weighted by atomic mass is 9.96. The summed E-state index contributed by atoms with van der Waals surface area (Å²) < 4.78 is 5.32. The van der Waals surface area contributed by atoms with Gasteiger partial charge in [0.2, 0.25) is 11.7 Å². The van der Waals surface area contributed by atoms with Gasteiger partial charge in [-0.3, -0.25) is 0 Å². The van der Waals surface area contributed by atoms with Crippen molar-refractivity contribution in [2.75, 3.05) is 19.6 Å². The molecule has 0 bridgehead atoms. The predicted octanol–water partition coefficient (Wildman–Crippen LogP) is 2.37. The van der Waals surface area contributed by atoms with E-state index in [2.05, 4.69) is 22.0 Å². The minimum absolute atomic E-state index is 0.193. The van der Waals surface area contributed by atoms with Gasteiger partial charge < -0.3 is 14.5 Å². The molecule has 2 atom stereocenters. The summed E-state index contributed by atoms with van der Waals surface area (Å²) in [6.45, 7) is 4.93. The van der Waals surface area contributed by atoms with Crippen LogP contribution in [0, 0.1) is 5.92 Å². The number of piperidine rings is 1. The normalized spacial score (nSPS) is 22.8. The van der Waals surface area contributed by atoms with E-state index in [0.717, 1.165) is 44.5 Å². The lowest BCUT2D eigenvalue weighted by Crippen LogP contribution is -2.43. The number of rotatable bonds is 5. The number of hydrogen-bond donors (Lipinski definition) is 1. The number of hydrogen-bond acceptors (Lipinski definition) is 5. The van der Waals surface area contributed by atoms with Crippen molar-refractivity contribution in [3.8, 4) is 11.4 Å². The van der Waals surface area contributed by atoms with Crippen molar-refractivity contribution < 1.29 is 9.63 Å². The Morgan fingerprint density at radius 1 is 1.32 bits per heavy atom. The Hall–Kier alpha value is -1.72. The molecule has 5 nitrogen and oxygen atoms in total. The van der Waals surface area contributed by atoms with Gasteiger partial charge in [0.25, 0.3) is 0 Å². The fourth-order valence-electron chi connectivity index (χ4n) is 2.83. The maximum absolute atomic E-state index is 9.91. The number of aliphatic hydroxyl groups excluding tert-OH is 1. The van der Waals surface area contributed by atoms with E-state index in [0.29, 0.717) is 17.6 Å². The van der Waals surface area contributed by atoms with Crippen molar-refractivity contribution in [3.63, 3.8) is 0 Å². The van der Waals surface area contributed by atoms with Gasteiger partial charge in [-0.2, -0.15) is 4.98 Å². The van der Waals surface area contributed by atoms with Crippen LogP contribution in [0.5, 0.6) is 0 Å². The molecule has 1 fully saturated rings. The number of likely N-dealkylation sites (tertiary alicyclic amines) is 1. The molecule has 2 heterocycles. The third kappa shape index (κ3) is 3.72. The molecule has 22 heavy (non-hydrogen) atoms. The van der Waals surface area contributed by atoms with Gasteiger partial charge in [-0.05, 0) is 31.8 Å². The van der Waals surface area contributed by atoms with Crippen molar-refractivity contribution in [2.45, 2.75) is 32.3 Å². The van der Waals surface area contributed by atoms with Crippen LogP contribution in [0.2, 0.25) is 0 Å². The highest BCUT2D eigenvalue weighted by Gasteiger charge is 2.23. The second-order valence-electron chi connectivity index (χ2n) is 6.12. The molecule has 0 saturated carbocycles. The van der Waals surface area contributed by atoms with Gasteiger partial charge in [0.1, 0.15) is 0 Å². The monoisotopic (exact) mass is 301 g/mol. The molecule has 0 amide bonds. The SMILES string of the molecule is CC1CCN(CCCc2nc(-c3ccccc3)no2)CC1O. The largest absolute Gasteiger partial charge is 0.392 e. The maximum atomic E-state index is 9.91. The summed E-state index contributed by atoms with van der Waals surface area (Å²) in [6.07, 6.45) is 2.63. The second-order valence-corrected chi connectivity index (χ2v) is 6.12. The summed E-state index contributed by atoms with van der Waals surface area (Å²) in [6, 6.07) is 9.86. The summed E-state index contributed by atoms with van der Waals surface area (Å²) in [4.78, 5) is 6.76. The standard InChI is InChI=1S/C17H23N3O2/c1-13-9-11-20(12-15(13)21)10-5-8-16-18-17(19-22-16)14-6-3-2-4-7-14/h2-4,6-7,13,15,21H,5,8-12H2,1H3. The van der Waals surface area contributed by atoms with Crippen LogP contribution in [0.4, 0.5) is 0 Å². The molecule has 1 aliphatic rings. The molecule has 118 valence electrons. The van der Waals surface area contributed by atoms with Crippen molar-refractivity contribution >= 4 is 0 Å². The molecule has 0 radical (unpaired) electrons. The van der Waals surface area contributed by atoms with Crippen molar-refractivity contribution in [3.05, 3.63) is 36.2 Å². The first kappa shape index (κ1) is 15.2. The Morgan fingerprint density at radius 3 is 2.91 bits per heavy atom. The van der Waals surface area contributed by atoms with Crippen molar-refractivity contribution in [1.82, 2.24) is 15.0 Å². The fourth-order valence-corrected chi connectivity index (χ4v) is 2.83. The van der Waals surface area contributed by atoms with E-state index in [1.165, 1.54) is 0 Å². The zero-order valence-electron chi connectivity index (χ0n) is 13.0. The zero-order chi connectivity index (χ0) is 15.4. The van der Waals surface area contributed by atoms with Crippen LogP contribution in [0.25, 0.3) is 11.4 Å². The van der Waals surface area contributed by atoms with E-state index in [-0.39, 0.29) is 6.10 Å². The zero-order valence-corrected chi connectivity index (χ0v) is 13.0. The first-order chi connectivity index (χ1) is 10.7. The summed E-state index contributed by atoms with van der Waals surface area (Å²) in [5.41, 5.74) is 0.977. The highest BCUT2D eigenvalue weighted by atomic mass is 16.5. The Kier molecular flexibility index (Phi) is 4.85. The third-order valence-electron chi connectivity index (χ3n) is 4.37. The van der Waals surface area contributed by atoms with E-state index in [9.17, 15) is 5.11 Å². The van der Waals surface area contributed by atoms with Gasteiger partial charge in [-0.1, -0.05) is 42.4 Å². The predicted molar refractivity (Wildman–Crippen MR) is 84.3 cm³/mol. The first-order valence-corrected chi connectivity index (χ1v) is 8.01. The quantitative estimate of drug-likeness (QED) is 0.918. The van der Waals surface area contributed by atoms with Crippen LogP contribution in [0.3, 0.4) is 0 Å². The third-order valence-corrected chi connectivity index (χ3v) is 4.37. The number of β-amino-alcohol motifs (C(OH)–C–C–N with tert-alkyl or cyclic N) is 1. The second kappa shape index (κ2) is 7.03. The van der Waals surface area contributed by atoms with Crippen LogP contribution in [-0.2, 0) is 6.42 Å². The minimum atomic E-state index is -0.193. The number of aryl methyl sites for hydroxylation is 1. The molecular weight excluding hydrogens is 278 g/mol. The maximum Gasteiger partial charge on any atom is 0.227 e. The van der Waals surface area contributed by atoms with E-state index in [4.69, 9.17) is 4.52 Å². The molecular formula is C17H23N3O2. The lowest BCUT2D eigenvalue weighted by Gasteiger charge is -2.34. The summed E-state index contributed by atoms with van der Waals surface area (Å²) in [7, 11) is 0. The summed E-state index contributed by atoms with van der Waals surface area (Å²) in [5.74, 6) is 1.75. The molecule has 2 unspecified atom stereocenters. The number of nitrogens with zero attached hydrogens (tertiary/aromatic N) is 3. The molecule has 1 aromatic heterocycles. The Morgan fingerprint density at radius 2 is 2.14 bits per heavy atom. The molecule has 0 aliphatic carbocycles. The van der Waals surface area contributed by atoms with Crippen LogP contribution >= 0.6 is 0 Å². The Balaban J connectivity index is 1.48. The number of aliphatic hydroxyl groups is 1. The van der Waals surface area contributed by atoms with Gasteiger partial charge in [0, 0.05) is 18.5 Å². The molecule has 3 rings (SSSR count). The Labute approximate surface area is 131 Å². The number of aromatic nitrogens is 2. The van der Waals surface area contributed by atoms with E-state index in [1.807, 2.05) is 30.3 Å². The van der Waals surface area contributed by atoms with Crippen LogP contribution in [0.15, 0.2) is 34.9 Å². The first-order valence-electron chi connectivity index (χ1n) is 8.01. The topological polar surface area (TPSA) is 62.4 Å². The molecule has 1 N–H and O–H groups in total. The van der Waals surface area contributed by atoms with Gasteiger partial charge in [-0.15, -0.1) is 0 Å². The van der Waals surface area contributed by atoms with Crippen LogP contribution in [-0.4, -0.2) is 45.9 Å². The molecule has 1 aliphatic heterocycles. The Bertz CT molecular complexity index is 585. The molecule has 1 aromatic carbocycles. The van der Waals surface area contributed by atoms with Gasteiger partial charge in [0.15, 0.2) is 0 Å². The van der Waals surface area contributed by atoms with Crippen molar-refractivity contribution in [1.29, 1.82) is 0 Å². The van der Waals surface area contributed by atoms with Crippen LogP contribution in [0.1, 0.15) is 25.7 Å². The molecule has 5 heteroatoms. The summed E-state index contributed by atoms with van der Waals surface area (Å²) in [5, 5.41) is 13.9. The smallest absolute Gasteiger partial charge is 0.227 e. The average molecular weight is 301 g/mol. The van der Waals surface area contributed by atoms with E-state index in [1.54, 1.807) is 0 Å². The number of benzene rings is 1. The highest BCUT2D eigenvalue weighted by Crippen LogP contribution is 2.18. The van der Waals surface area contributed by atoms with E-state index < -0.39 is 0 Å². The van der Waals surface area contributed by atoms with E-state index >= 15 is 0 Å². The lowest BCUT2D eigenvalue weighted by molar-refractivity contribution is 0.0287. The fraction of sp³-hybridized carbons (Fsp3) is 0.529. The highest BCUT2D eigenvalue weighted by molar-refractivity contribution is 5.53.